The monoisotopic (exact) mass is 338 g/mol. The number of rotatable bonds is 6. The highest BCUT2D eigenvalue weighted by Gasteiger charge is 2.09. The summed E-state index contributed by atoms with van der Waals surface area (Å²) in [6, 6.07) is 1.77. The van der Waals surface area contributed by atoms with Crippen LogP contribution in [0.5, 0.6) is 0 Å². The summed E-state index contributed by atoms with van der Waals surface area (Å²) in [5, 5.41) is 11.3. The molecule has 2 aromatic heterocycles. The Labute approximate surface area is 138 Å². The van der Waals surface area contributed by atoms with Crippen LogP contribution in [-0.2, 0) is 18.4 Å². The Balaban J connectivity index is 1.96. The number of hydrogen-bond acceptors (Lipinski definition) is 5. The largest absolute Gasteiger partial charge is 0.349 e. The van der Waals surface area contributed by atoms with Gasteiger partial charge in [0.1, 0.15) is 5.02 Å². The molecule has 0 spiro atoms. The van der Waals surface area contributed by atoms with Crippen molar-refractivity contribution in [2.24, 2.45) is 7.05 Å². The van der Waals surface area contributed by atoms with Crippen LogP contribution in [0.25, 0.3) is 0 Å². The summed E-state index contributed by atoms with van der Waals surface area (Å²) >= 11 is 5.99. The van der Waals surface area contributed by atoms with Gasteiger partial charge in [-0.3, -0.25) is 14.3 Å². The van der Waals surface area contributed by atoms with Gasteiger partial charge in [0.15, 0.2) is 5.82 Å². The Hall–Kier alpha value is -2.35. The highest BCUT2D eigenvalue weighted by molar-refractivity contribution is 6.33. The number of hydrogen-bond donors (Lipinski definition) is 1. The molecule has 2 aromatic rings. The zero-order valence-corrected chi connectivity index (χ0v) is 14.0. The molecule has 23 heavy (non-hydrogen) atoms. The highest BCUT2D eigenvalue weighted by Crippen LogP contribution is 2.19. The van der Waals surface area contributed by atoms with Crippen molar-refractivity contribution in [2.75, 3.05) is 19.4 Å². The molecule has 2 heterocycles. The van der Waals surface area contributed by atoms with E-state index in [0.29, 0.717) is 30.9 Å². The number of carbonyl (C=O) groups excluding carboxylic acids is 1. The number of halogens is 1. The van der Waals surface area contributed by atoms with Crippen molar-refractivity contribution < 1.29 is 4.79 Å². The van der Waals surface area contributed by atoms with Crippen LogP contribution in [0.2, 0.25) is 5.02 Å². The molecule has 0 aliphatic carbocycles. The first-order chi connectivity index (χ1) is 10.9. The molecule has 0 unspecified atom stereocenters. The first-order valence-corrected chi connectivity index (χ1v) is 7.48. The maximum Gasteiger partial charge on any atom is 0.287 e. The molecule has 0 aliphatic rings. The second-order valence-electron chi connectivity index (χ2n) is 5.28. The lowest BCUT2D eigenvalue weighted by Crippen LogP contribution is -2.21. The fourth-order valence-electron chi connectivity index (χ4n) is 1.90. The Morgan fingerprint density at radius 3 is 2.87 bits per heavy atom. The van der Waals surface area contributed by atoms with Crippen LogP contribution in [0.4, 0.5) is 11.5 Å². The van der Waals surface area contributed by atoms with Crippen LogP contribution in [0.3, 0.4) is 0 Å². The number of nitrogens with one attached hydrogen (secondary N) is 1. The second-order valence-corrected chi connectivity index (χ2v) is 5.66. The molecular weight excluding hydrogens is 320 g/mol. The van der Waals surface area contributed by atoms with Crippen LogP contribution in [0.1, 0.15) is 12.8 Å². The molecular formula is C14H19ClN6O2. The lowest BCUT2D eigenvalue weighted by atomic mass is 10.3. The summed E-state index contributed by atoms with van der Waals surface area (Å²) in [5.41, 5.74) is 0.0288. The molecule has 0 bridgehead atoms. The Morgan fingerprint density at radius 2 is 2.17 bits per heavy atom. The van der Waals surface area contributed by atoms with E-state index >= 15 is 0 Å². The minimum atomic E-state index is -0.377. The van der Waals surface area contributed by atoms with Gasteiger partial charge in [-0.05, 0) is 6.42 Å². The Morgan fingerprint density at radius 1 is 1.43 bits per heavy atom. The normalized spacial score (nSPS) is 10.6. The van der Waals surface area contributed by atoms with E-state index in [1.54, 1.807) is 35.9 Å². The number of aromatic nitrogens is 4. The lowest BCUT2D eigenvalue weighted by Gasteiger charge is -2.09. The molecule has 124 valence electrons. The van der Waals surface area contributed by atoms with Crippen molar-refractivity contribution in [1.82, 2.24) is 24.5 Å². The predicted octanol–water partition coefficient (Wildman–Crippen LogP) is 1.24. The fourth-order valence-corrected chi connectivity index (χ4v) is 2.12. The van der Waals surface area contributed by atoms with Crippen molar-refractivity contribution in [3.05, 3.63) is 33.8 Å². The van der Waals surface area contributed by atoms with Crippen molar-refractivity contribution in [2.45, 2.75) is 19.4 Å². The molecule has 2 rings (SSSR count). The Bertz CT molecular complexity index is 752. The third kappa shape index (κ3) is 4.32. The van der Waals surface area contributed by atoms with Gasteiger partial charge in [0.2, 0.25) is 5.91 Å². The molecule has 1 N–H and O–H groups in total. The SMILES string of the molecule is CN(C)C(=O)CCCn1ccc(Nc2cnn(C)c(=O)c2Cl)n1. The minimum absolute atomic E-state index is 0.0635. The molecule has 0 radical (unpaired) electrons. The summed E-state index contributed by atoms with van der Waals surface area (Å²) < 4.78 is 2.89. The highest BCUT2D eigenvalue weighted by atomic mass is 35.5. The molecule has 8 nitrogen and oxygen atoms in total. The van der Waals surface area contributed by atoms with Crippen LogP contribution in [0, 0.1) is 0 Å². The van der Waals surface area contributed by atoms with Gasteiger partial charge in [-0.1, -0.05) is 11.6 Å². The third-order valence-corrected chi connectivity index (χ3v) is 3.62. The van der Waals surface area contributed by atoms with Gasteiger partial charge in [0.25, 0.3) is 5.56 Å². The van der Waals surface area contributed by atoms with Crippen LogP contribution < -0.4 is 10.9 Å². The number of nitrogens with zero attached hydrogens (tertiary/aromatic N) is 5. The van der Waals surface area contributed by atoms with Gasteiger partial charge in [-0.25, -0.2) is 4.68 Å². The lowest BCUT2D eigenvalue weighted by molar-refractivity contribution is -0.128. The van der Waals surface area contributed by atoms with Crippen molar-refractivity contribution in [3.63, 3.8) is 0 Å². The number of anilines is 2. The summed E-state index contributed by atoms with van der Waals surface area (Å²) in [5.74, 6) is 0.648. The van der Waals surface area contributed by atoms with Gasteiger partial charge >= 0.3 is 0 Å². The maximum absolute atomic E-state index is 11.7. The fraction of sp³-hybridized carbons (Fsp3) is 0.429. The van der Waals surface area contributed by atoms with Crippen molar-refractivity contribution in [3.8, 4) is 0 Å². The standard InChI is InChI=1S/C14H19ClN6O2/c1-19(2)12(22)5-4-7-21-8-6-11(18-21)17-10-9-16-20(3)14(23)13(10)15/h6,8-9H,4-5,7H2,1-3H3,(H,17,18). The molecule has 1 amide bonds. The number of carbonyl (C=O) groups is 1. The van der Waals surface area contributed by atoms with E-state index in [0.717, 1.165) is 4.68 Å². The van der Waals surface area contributed by atoms with E-state index in [9.17, 15) is 9.59 Å². The quantitative estimate of drug-likeness (QED) is 0.856. The van der Waals surface area contributed by atoms with Gasteiger partial charge in [0.05, 0.1) is 11.9 Å². The van der Waals surface area contributed by atoms with E-state index < -0.39 is 0 Å². The van der Waals surface area contributed by atoms with Crippen LogP contribution in [0.15, 0.2) is 23.3 Å². The summed E-state index contributed by atoms with van der Waals surface area (Å²) in [6.07, 6.45) is 4.44. The van der Waals surface area contributed by atoms with Crippen LogP contribution >= 0.6 is 11.6 Å². The third-order valence-electron chi connectivity index (χ3n) is 3.26. The Kier molecular flexibility index (Phi) is 5.38. The topological polar surface area (TPSA) is 85.0 Å². The van der Waals surface area contributed by atoms with Crippen LogP contribution in [-0.4, -0.2) is 44.5 Å². The summed E-state index contributed by atoms with van der Waals surface area (Å²) in [6.45, 7) is 0.629. The zero-order valence-electron chi connectivity index (χ0n) is 13.3. The van der Waals surface area contributed by atoms with Gasteiger partial charge in [-0.15, -0.1) is 0 Å². The maximum atomic E-state index is 11.7. The molecule has 0 fully saturated rings. The molecule has 0 aliphatic heterocycles. The summed E-state index contributed by atoms with van der Waals surface area (Å²) in [7, 11) is 5.00. The minimum Gasteiger partial charge on any atom is -0.349 e. The van der Waals surface area contributed by atoms with Crippen molar-refractivity contribution >= 4 is 29.0 Å². The molecule has 0 aromatic carbocycles. The van der Waals surface area contributed by atoms with Crippen molar-refractivity contribution in [1.29, 1.82) is 0 Å². The number of amides is 1. The van der Waals surface area contributed by atoms with E-state index in [-0.39, 0.29) is 16.5 Å². The number of aryl methyl sites for hydroxylation is 2. The van der Waals surface area contributed by atoms with E-state index in [1.807, 2.05) is 0 Å². The van der Waals surface area contributed by atoms with Gasteiger partial charge in [-0.2, -0.15) is 10.2 Å². The molecule has 0 atom stereocenters. The average molecular weight is 339 g/mol. The first-order valence-electron chi connectivity index (χ1n) is 7.11. The average Bonchev–Trinajstić information content (AvgIpc) is 2.95. The molecule has 0 saturated carbocycles. The second kappa shape index (κ2) is 7.28. The van der Waals surface area contributed by atoms with E-state index in [4.69, 9.17) is 11.6 Å². The zero-order chi connectivity index (χ0) is 17.0. The summed E-state index contributed by atoms with van der Waals surface area (Å²) in [4.78, 5) is 24.8. The van der Waals surface area contributed by atoms with Gasteiger partial charge < -0.3 is 10.2 Å². The van der Waals surface area contributed by atoms with E-state index in [2.05, 4.69) is 15.5 Å². The smallest absolute Gasteiger partial charge is 0.287 e. The molecule has 0 saturated heterocycles. The van der Waals surface area contributed by atoms with E-state index in [1.165, 1.54) is 13.2 Å². The first kappa shape index (κ1) is 17.0. The van der Waals surface area contributed by atoms with Gasteiger partial charge in [0, 0.05) is 46.4 Å². The predicted molar refractivity (Wildman–Crippen MR) is 87.9 cm³/mol. The molecule has 9 heteroatoms.